The van der Waals surface area contributed by atoms with Crippen LogP contribution in [0.2, 0.25) is 0 Å². The van der Waals surface area contributed by atoms with E-state index in [9.17, 15) is 9.18 Å². The fourth-order valence-electron chi connectivity index (χ4n) is 3.48. The van der Waals surface area contributed by atoms with Gasteiger partial charge in [-0.25, -0.2) is 9.07 Å². The normalized spacial score (nSPS) is 11.9. The van der Waals surface area contributed by atoms with E-state index in [-0.39, 0.29) is 11.4 Å². The highest BCUT2D eigenvalue weighted by Crippen LogP contribution is 2.21. The van der Waals surface area contributed by atoms with Gasteiger partial charge >= 0.3 is 0 Å². The van der Waals surface area contributed by atoms with Crippen molar-refractivity contribution in [2.75, 3.05) is 0 Å². The molecule has 28 heavy (non-hydrogen) atoms. The Morgan fingerprint density at radius 1 is 1.00 bits per heavy atom. The predicted molar refractivity (Wildman–Crippen MR) is 110 cm³/mol. The Kier molecular flexibility index (Phi) is 4.35. The minimum Gasteiger partial charge on any atom is -0.318 e. The van der Waals surface area contributed by atoms with Crippen molar-refractivity contribution in [2.24, 2.45) is 0 Å². The van der Waals surface area contributed by atoms with Gasteiger partial charge in [-0.3, -0.25) is 9.89 Å². The largest absolute Gasteiger partial charge is 0.318 e. The summed E-state index contributed by atoms with van der Waals surface area (Å²) in [5.74, 6) is -0.270. The number of para-hydroxylation sites is 1. The molecule has 0 bridgehead atoms. The highest BCUT2D eigenvalue weighted by atomic mass is 19.1. The van der Waals surface area contributed by atoms with E-state index in [1.54, 1.807) is 12.1 Å². The lowest BCUT2D eigenvalue weighted by Crippen LogP contribution is -2.34. The van der Waals surface area contributed by atoms with Crippen LogP contribution in [0.3, 0.4) is 0 Å². The fraction of sp³-hybridized carbons (Fsp3) is 0.0870. The van der Waals surface area contributed by atoms with Gasteiger partial charge in [-0.05, 0) is 68.0 Å². The summed E-state index contributed by atoms with van der Waals surface area (Å²) in [4.78, 5) is 12.9. The Morgan fingerprint density at radius 3 is 2.36 bits per heavy atom. The Bertz CT molecular complexity index is 1310. The molecule has 0 fully saturated rings. The van der Waals surface area contributed by atoms with E-state index in [1.807, 2.05) is 60.9 Å². The average molecular weight is 373 g/mol. The van der Waals surface area contributed by atoms with Crippen LogP contribution in [-0.4, -0.2) is 14.3 Å². The van der Waals surface area contributed by atoms with Gasteiger partial charge in [0.05, 0.1) is 16.3 Å². The molecule has 0 radical (unpaired) electrons. The van der Waals surface area contributed by atoms with Crippen LogP contribution < -0.4 is 16.1 Å². The Morgan fingerprint density at radius 2 is 1.68 bits per heavy atom. The Hall–Kier alpha value is -3.60. The third-order valence-electron chi connectivity index (χ3n) is 4.87. The van der Waals surface area contributed by atoms with Crippen LogP contribution in [-0.2, 0) is 0 Å². The molecule has 2 aromatic heterocycles. The van der Waals surface area contributed by atoms with E-state index in [0.29, 0.717) is 10.6 Å². The zero-order chi connectivity index (χ0) is 19.8. The minimum absolute atomic E-state index is 0.150. The summed E-state index contributed by atoms with van der Waals surface area (Å²) < 4.78 is 16.8. The topological polar surface area (TPSA) is 42.7 Å². The molecule has 5 heteroatoms. The van der Waals surface area contributed by atoms with Crippen LogP contribution in [0.4, 0.5) is 4.39 Å². The van der Waals surface area contributed by atoms with Crippen molar-refractivity contribution in [1.29, 1.82) is 0 Å². The van der Waals surface area contributed by atoms with E-state index in [0.717, 1.165) is 28.3 Å². The SMILES string of the molecule is C=c1[nH]n(-c2ccccc2)c(=O)/c1=C/c1cc(C)n(-c2ccc(F)cc2)c1C. The molecule has 140 valence electrons. The smallest absolute Gasteiger partial charge is 0.279 e. The number of aromatic amines is 1. The number of halogens is 1. The molecule has 4 aromatic rings. The predicted octanol–water partition coefficient (Wildman–Crippen LogP) is 2.95. The van der Waals surface area contributed by atoms with E-state index in [1.165, 1.54) is 16.8 Å². The Labute approximate surface area is 161 Å². The highest BCUT2D eigenvalue weighted by Gasteiger charge is 2.11. The lowest BCUT2D eigenvalue weighted by Gasteiger charge is -2.09. The first-order chi connectivity index (χ1) is 13.5. The molecule has 0 aliphatic heterocycles. The molecule has 4 nitrogen and oxygen atoms in total. The molecule has 0 aliphatic carbocycles. The van der Waals surface area contributed by atoms with Gasteiger partial charge in [0.1, 0.15) is 5.82 Å². The molecule has 4 rings (SSSR count). The van der Waals surface area contributed by atoms with Gasteiger partial charge in [0.2, 0.25) is 0 Å². The fourth-order valence-corrected chi connectivity index (χ4v) is 3.48. The number of hydrogen-bond acceptors (Lipinski definition) is 1. The number of hydrogen-bond donors (Lipinski definition) is 1. The van der Waals surface area contributed by atoms with Gasteiger partial charge in [-0.15, -0.1) is 0 Å². The van der Waals surface area contributed by atoms with Crippen molar-refractivity contribution in [3.63, 3.8) is 0 Å². The second-order valence-corrected chi connectivity index (χ2v) is 6.76. The van der Waals surface area contributed by atoms with Gasteiger partial charge in [0.25, 0.3) is 5.56 Å². The van der Waals surface area contributed by atoms with Crippen LogP contribution in [0.25, 0.3) is 24.0 Å². The monoisotopic (exact) mass is 373 g/mol. The van der Waals surface area contributed by atoms with Crippen LogP contribution in [0.15, 0.2) is 65.5 Å². The molecule has 0 saturated heterocycles. The van der Waals surface area contributed by atoms with Crippen molar-refractivity contribution in [1.82, 2.24) is 14.3 Å². The van der Waals surface area contributed by atoms with E-state index in [2.05, 4.69) is 11.7 Å². The number of H-pyrrole nitrogens is 1. The summed E-state index contributed by atoms with van der Waals surface area (Å²) in [5, 5.41) is 4.11. The van der Waals surface area contributed by atoms with E-state index >= 15 is 0 Å². The number of nitrogens with one attached hydrogen (secondary N) is 1. The summed E-state index contributed by atoms with van der Waals surface area (Å²) in [7, 11) is 0. The second-order valence-electron chi connectivity index (χ2n) is 6.76. The van der Waals surface area contributed by atoms with Gasteiger partial charge in [-0.2, -0.15) is 0 Å². The zero-order valence-electron chi connectivity index (χ0n) is 15.7. The van der Waals surface area contributed by atoms with Crippen molar-refractivity contribution in [3.05, 3.63) is 104 Å². The number of aromatic nitrogens is 3. The third kappa shape index (κ3) is 3.01. The standard InChI is InChI=1S/C23H20FN3O/c1-15-13-18(17(3)26(15)20-11-9-19(24)10-12-20)14-22-16(2)25-27(23(22)28)21-7-5-4-6-8-21/h4-14,25H,2H2,1,3H3/b22-14+. The molecule has 1 N–H and O–H groups in total. The quantitative estimate of drug-likeness (QED) is 0.590. The molecule has 2 aromatic carbocycles. The van der Waals surface area contributed by atoms with Gasteiger partial charge in [0, 0.05) is 17.1 Å². The number of rotatable bonds is 3. The van der Waals surface area contributed by atoms with Crippen molar-refractivity contribution in [3.8, 4) is 11.4 Å². The maximum absolute atomic E-state index is 13.3. The first-order valence-corrected chi connectivity index (χ1v) is 8.98. The number of aryl methyl sites for hydroxylation is 1. The van der Waals surface area contributed by atoms with Gasteiger partial charge in [-0.1, -0.05) is 24.8 Å². The zero-order valence-corrected chi connectivity index (χ0v) is 15.7. The van der Waals surface area contributed by atoms with Crippen LogP contribution >= 0.6 is 0 Å². The molecule has 0 spiro atoms. The maximum Gasteiger partial charge on any atom is 0.279 e. The lowest BCUT2D eigenvalue weighted by atomic mass is 10.2. The van der Waals surface area contributed by atoms with Crippen LogP contribution in [0.5, 0.6) is 0 Å². The molecule has 2 heterocycles. The van der Waals surface area contributed by atoms with E-state index < -0.39 is 0 Å². The molecule has 0 saturated carbocycles. The third-order valence-corrected chi connectivity index (χ3v) is 4.87. The summed E-state index contributed by atoms with van der Waals surface area (Å²) >= 11 is 0. The summed E-state index contributed by atoms with van der Waals surface area (Å²) in [6, 6.07) is 17.8. The molecule has 0 amide bonds. The Balaban J connectivity index is 1.86. The van der Waals surface area contributed by atoms with Gasteiger partial charge in [0.15, 0.2) is 0 Å². The van der Waals surface area contributed by atoms with Crippen molar-refractivity contribution >= 4 is 12.7 Å². The van der Waals surface area contributed by atoms with Crippen LogP contribution in [0.1, 0.15) is 17.0 Å². The molecular weight excluding hydrogens is 353 g/mol. The van der Waals surface area contributed by atoms with Gasteiger partial charge < -0.3 is 4.57 Å². The summed E-state index contributed by atoms with van der Waals surface area (Å²) in [6.45, 7) is 7.96. The first kappa shape index (κ1) is 17.8. The average Bonchev–Trinajstić information content (AvgIpc) is 3.13. The number of benzene rings is 2. The second kappa shape index (κ2) is 6.85. The van der Waals surface area contributed by atoms with Crippen molar-refractivity contribution in [2.45, 2.75) is 13.8 Å². The molecular formula is C23H20FN3O. The van der Waals surface area contributed by atoms with E-state index in [4.69, 9.17) is 0 Å². The van der Waals surface area contributed by atoms with Crippen LogP contribution in [0, 0.1) is 19.7 Å². The lowest BCUT2D eigenvalue weighted by molar-refractivity contribution is 0.627. The molecule has 0 aliphatic rings. The molecule has 0 unspecified atom stereocenters. The summed E-state index contributed by atoms with van der Waals surface area (Å²) in [6.07, 6.45) is 1.85. The van der Waals surface area contributed by atoms with Crippen molar-refractivity contribution < 1.29 is 4.39 Å². The first-order valence-electron chi connectivity index (χ1n) is 8.98. The maximum atomic E-state index is 13.3. The summed E-state index contributed by atoms with van der Waals surface area (Å²) in [5.41, 5.74) is 4.37. The molecule has 0 atom stereocenters. The minimum atomic E-state index is -0.270. The highest BCUT2D eigenvalue weighted by molar-refractivity contribution is 5.56. The number of nitrogens with zero attached hydrogens (tertiary/aromatic N) is 2.